The molecule has 0 aromatic carbocycles. The lowest BCUT2D eigenvalue weighted by Gasteiger charge is -2.31. The van der Waals surface area contributed by atoms with Crippen molar-refractivity contribution in [1.29, 1.82) is 0 Å². The van der Waals surface area contributed by atoms with E-state index in [1.165, 1.54) is 0 Å². The van der Waals surface area contributed by atoms with Gasteiger partial charge in [0.25, 0.3) is 5.91 Å². The van der Waals surface area contributed by atoms with Crippen molar-refractivity contribution in [2.45, 2.75) is 12.8 Å². The normalized spacial score (nSPS) is 16.9. The Hall–Kier alpha value is -3.20. The average molecular weight is 380 g/mol. The van der Waals surface area contributed by atoms with Gasteiger partial charge in [0, 0.05) is 37.5 Å². The second kappa shape index (κ2) is 7.08. The quantitative estimate of drug-likeness (QED) is 0.740. The third-order valence-electron chi connectivity index (χ3n) is 5.04. The topological polar surface area (TPSA) is 100 Å². The maximum Gasteiger partial charge on any atom is 0.279 e. The molecule has 1 saturated heterocycles. The Kier molecular flexibility index (Phi) is 4.28. The third kappa shape index (κ3) is 3.03. The molecule has 144 valence electrons. The minimum absolute atomic E-state index is 0.179. The summed E-state index contributed by atoms with van der Waals surface area (Å²) in [7, 11) is 0. The lowest BCUT2D eigenvalue weighted by Crippen LogP contribution is -2.39. The Morgan fingerprint density at radius 1 is 1.21 bits per heavy atom. The first-order valence-electron chi connectivity index (χ1n) is 9.39. The molecule has 0 atom stereocenters. The van der Waals surface area contributed by atoms with Crippen molar-refractivity contribution < 1.29 is 13.9 Å². The van der Waals surface area contributed by atoms with Crippen molar-refractivity contribution in [2.24, 2.45) is 0 Å². The Morgan fingerprint density at radius 3 is 2.93 bits per heavy atom. The number of anilines is 2. The summed E-state index contributed by atoms with van der Waals surface area (Å²) in [6, 6.07) is 5.32. The molecule has 0 bridgehead atoms. The number of H-pyrrole nitrogens is 1. The molecule has 5 heterocycles. The number of rotatable bonds is 3. The van der Waals surface area contributed by atoms with Crippen molar-refractivity contribution in [1.82, 2.24) is 20.2 Å². The molecule has 3 aromatic rings. The van der Waals surface area contributed by atoms with E-state index in [4.69, 9.17) is 14.1 Å². The van der Waals surface area contributed by atoms with Gasteiger partial charge in [-0.15, -0.1) is 0 Å². The molecular weight excluding hydrogens is 360 g/mol. The van der Waals surface area contributed by atoms with Crippen LogP contribution in [0.3, 0.4) is 0 Å². The van der Waals surface area contributed by atoms with Gasteiger partial charge in [-0.05, 0) is 25.0 Å². The molecule has 2 aliphatic heterocycles. The van der Waals surface area contributed by atoms with E-state index >= 15 is 0 Å². The number of amides is 1. The highest BCUT2D eigenvalue weighted by Gasteiger charge is 2.28. The van der Waals surface area contributed by atoms with Gasteiger partial charge in [0.05, 0.1) is 19.5 Å². The van der Waals surface area contributed by atoms with Crippen molar-refractivity contribution >= 4 is 17.7 Å². The van der Waals surface area contributed by atoms with E-state index in [-0.39, 0.29) is 5.91 Å². The molecule has 0 radical (unpaired) electrons. The zero-order chi connectivity index (χ0) is 18.9. The average Bonchev–Trinajstić information content (AvgIpc) is 3.45. The maximum atomic E-state index is 13.2. The number of furan rings is 1. The van der Waals surface area contributed by atoms with Crippen LogP contribution < -0.4 is 9.80 Å². The molecule has 0 spiro atoms. The number of nitrogens with one attached hydrogen (secondary N) is 1. The summed E-state index contributed by atoms with van der Waals surface area (Å²) in [5.41, 5.74) is 1.99. The van der Waals surface area contributed by atoms with Crippen LogP contribution in [0.5, 0.6) is 0 Å². The zero-order valence-corrected chi connectivity index (χ0v) is 15.3. The molecule has 0 saturated carbocycles. The Bertz CT molecular complexity index is 977. The number of carbonyl (C=O) groups excluding carboxylic acids is 1. The Morgan fingerprint density at radius 2 is 2.11 bits per heavy atom. The highest BCUT2D eigenvalue weighted by Crippen LogP contribution is 2.28. The van der Waals surface area contributed by atoms with Gasteiger partial charge in [0.15, 0.2) is 11.5 Å². The number of hydrogen-bond donors (Lipinski definition) is 1. The Labute approximate surface area is 161 Å². The van der Waals surface area contributed by atoms with E-state index in [0.717, 1.165) is 31.5 Å². The molecule has 0 unspecified atom stereocenters. The van der Waals surface area contributed by atoms with E-state index in [2.05, 4.69) is 20.1 Å². The monoisotopic (exact) mass is 380 g/mol. The standard InChI is InChI=1S/C19H20N6O3/c26-18(15-11-14(22-23-15)16-4-2-8-28-16)25-5-1-3-13-12-20-19(21-17(13)25)24-6-9-27-10-7-24/h2,4,8,11-12H,1,3,5-7,9-10H2,(H,22,23). The first-order chi connectivity index (χ1) is 13.8. The third-order valence-corrected chi connectivity index (χ3v) is 5.04. The number of aromatic nitrogens is 4. The molecule has 3 aromatic heterocycles. The summed E-state index contributed by atoms with van der Waals surface area (Å²) in [4.78, 5) is 26.2. The van der Waals surface area contributed by atoms with Crippen LogP contribution in [0, 0.1) is 0 Å². The summed E-state index contributed by atoms with van der Waals surface area (Å²) in [6.45, 7) is 3.42. The van der Waals surface area contributed by atoms with Gasteiger partial charge >= 0.3 is 0 Å². The predicted octanol–water partition coefficient (Wildman–Crippen LogP) is 1.89. The van der Waals surface area contributed by atoms with Gasteiger partial charge in [0.2, 0.25) is 5.95 Å². The highest BCUT2D eigenvalue weighted by molar-refractivity contribution is 6.05. The number of morpholine rings is 1. The second-order valence-corrected chi connectivity index (χ2v) is 6.82. The molecule has 0 aliphatic carbocycles. The molecule has 9 heteroatoms. The number of fused-ring (bicyclic) bond motifs is 1. The smallest absolute Gasteiger partial charge is 0.279 e. The fourth-order valence-electron chi connectivity index (χ4n) is 3.57. The molecule has 9 nitrogen and oxygen atoms in total. The molecule has 1 amide bonds. The number of nitrogens with zero attached hydrogens (tertiary/aromatic N) is 5. The fourth-order valence-corrected chi connectivity index (χ4v) is 3.57. The molecule has 28 heavy (non-hydrogen) atoms. The van der Waals surface area contributed by atoms with E-state index in [1.54, 1.807) is 23.3 Å². The number of aryl methyl sites for hydroxylation is 1. The van der Waals surface area contributed by atoms with Crippen molar-refractivity contribution in [3.63, 3.8) is 0 Å². The largest absolute Gasteiger partial charge is 0.463 e. The molecule has 2 aliphatic rings. The highest BCUT2D eigenvalue weighted by atomic mass is 16.5. The van der Waals surface area contributed by atoms with E-state index in [0.29, 0.717) is 48.7 Å². The van der Waals surface area contributed by atoms with Crippen LogP contribution in [0.15, 0.2) is 35.1 Å². The van der Waals surface area contributed by atoms with Crippen LogP contribution in [-0.4, -0.2) is 58.9 Å². The maximum absolute atomic E-state index is 13.2. The van der Waals surface area contributed by atoms with Crippen LogP contribution in [0.2, 0.25) is 0 Å². The van der Waals surface area contributed by atoms with Gasteiger partial charge in [-0.3, -0.25) is 14.8 Å². The zero-order valence-electron chi connectivity index (χ0n) is 15.3. The van der Waals surface area contributed by atoms with Crippen LogP contribution in [0.1, 0.15) is 22.5 Å². The lowest BCUT2D eigenvalue weighted by molar-refractivity contribution is 0.0979. The molecule has 5 rings (SSSR count). The van der Waals surface area contributed by atoms with Gasteiger partial charge in [0.1, 0.15) is 11.5 Å². The molecule has 1 fully saturated rings. The van der Waals surface area contributed by atoms with Crippen molar-refractivity contribution in [3.8, 4) is 11.5 Å². The van der Waals surface area contributed by atoms with E-state index < -0.39 is 0 Å². The summed E-state index contributed by atoms with van der Waals surface area (Å²) in [5, 5.41) is 7.06. The Balaban J connectivity index is 1.44. The number of ether oxygens (including phenoxy) is 1. The summed E-state index contributed by atoms with van der Waals surface area (Å²) in [5.74, 6) is 1.78. The summed E-state index contributed by atoms with van der Waals surface area (Å²) in [6.07, 6.45) is 5.16. The van der Waals surface area contributed by atoms with Gasteiger partial charge in [-0.25, -0.2) is 4.98 Å². The number of carbonyl (C=O) groups is 1. The van der Waals surface area contributed by atoms with Gasteiger partial charge < -0.3 is 14.1 Å². The summed E-state index contributed by atoms with van der Waals surface area (Å²) >= 11 is 0. The van der Waals surface area contributed by atoms with Gasteiger partial charge in [-0.1, -0.05) is 0 Å². The van der Waals surface area contributed by atoms with E-state index in [9.17, 15) is 4.79 Å². The number of aromatic amines is 1. The van der Waals surface area contributed by atoms with Gasteiger partial charge in [-0.2, -0.15) is 10.1 Å². The fraction of sp³-hybridized carbons (Fsp3) is 0.368. The minimum Gasteiger partial charge on any atom is -0.463 e. The minimum atomic E-state index is -0.179. The van der Waals surface area contributed by atoms with Crippen LogP contribution in [0.25, 0.3) is 11.5 Å². The van der Waals surface area contributed by atoms with E-state index in [1.807, 2.05) is 12.3 Å². The van der Waals surface area contributed by atoms with Crippen LogP contribution in [0.4, 0.5) is 11.8 Å². The van der Waals surface area contributed by atoms with Crippen molar-refractivity contribution in [2.75, 3.05) is 42.6 Å². The van der Waals surface area contributed by atoms with Crippen LogP contribution in [-0.2, 0) is 11.2 Å². The number of hydrogen-bond acceptors (Lipinski definition) is 7. The first kappa shape index (κ1) is 16.9. The predicted molar refractivity (Wildman–Crippen MR) is 101 cm³/mol. The lowest BCUT2D eigenvalue weighted by atomic mass is 10.1. The first-order valence-corrected chi connectivity index (χ1v) is 9.39. The molecule has 1 N–H and O–H groups in total. The van der Waals surface area contributed by atoms with Crippen molar-refractivity contribution in [3.05, 3.63) is 41.9 Å². The summed E-state index contributed by atoms with van der Waals surface area (Å²) < 4.78 is 10.8. The SMILES string of the molecule is O=C(c1cc(-c2ccco2)[nH]n1)N1CCCc2cnc(N3CCOCC3)nc21. The molecular formula is C19H20N6O3. The second-order valence-electron chi connectivity index (χ2n) is 6.82. The van der Waals surface area contributed by atoms with Crippen LogP contribution >= 0.6 is 0 Å².